The van der Waals surface area contributed by atoms with Crippen LogP contribution in [0.1, 0.15) is 24.8 Å². The molecule has 2 N–H and O–H groups in total. The number of rotatable bonds is 3. The lowest BCUT2D eigenvalue weighted by molar-refractivity contribution is -0.140. The van der Waals surface area contributed by atoms with Crippen LogP contribution in [0.4, 0.5) is 23.2 Å². The molecule has 0 bridgehead atoms. The second-order valence-electron chi connectivity index (χ2n) is 5.14. The Balaban J connectivity index is 2.00. The smallest absolute Gasteiger partial charge is 0.326 e. The van der Waals surface area contributed by atoms with E-state index >= 15 is 0 Å². The second kappa shape index (κ2) is 6.43. The van der Waals surface area contributed by atoms with E-state index in [0.717, 1.165) is 32.0 Å². The first-order chi connectivity index (χ1) is 9.86. The summed E-state index contributed by atoms with van der Waals surface area (Å²) < 4.78 is 50.9. The number of alkyl halides is 3. The van der Waals surface area contributed by atoms with E-state index < -0.39 is 17.6 Å². The van der Waals surface area contributed by atoms with Crippen LogP contribution in [0.25, 0.3) is 0 Å². The van der Waals surface area contributed by atoms with Gasteiger partial charge in [-0.05, 0) is 50.0 Å². The molecule has 1 aliphatic heterocycles. The van der Waals surface area contributed by atoms with Gasteiger partial charge in [-0.25, -0.2) is 4.39 Å². The molecule has 0 aliphatic carbocycles. The third-order valence-electron chi connectivity index (χ3n) is 3.49. The maximum Gasteiger partial charge on any atom is 0.419 e. The highest BCUT2D eigenvalue weighted by molar-refractivity contribution is 5.90. The minimum atomic E-state index is -4.78. The highest BCUT2D eigenvalue weighted by atomic mass is 19.4. The molecule has 0 saturated carbocycles. The third-order valence-corrected chi connectivity index (χ3v) is 3.49. The van der Waals surface area contributed by atoms with E-state index in [1.165, 1.54) is 0 Å². The monoisotopic (exact) mass is 304 g/mol. The standard InChI is InChI=1S/C14H16F4N2O/c15-12-2-1-10(8-11(12)14(16,17)18)20-13(21)7-9-3-5-19-6-4-9/h1-2,8-9,19H,3-7H2,(H,20,21). The van der Waals surface area contributed by atoms with Crippen molar-refractivity contribution in [3.05, 3.63) is 29.6 Å². The van der Waals surface area contributed by atoms with E-state index in [1.807, 2.05) is 0 Å². The molecule has 1 saturated heterocycles. The number of nitrogens with one attached hydrogen (secondary N) is 2. The lowest BCUT2D eigenvalue weighted by atomic mass is 9.94. The van der Waals surface area contributed by atoms with Crippen LogP contribution in [0.5, 0.6) is 0 Å². The Hall–Kier alpha value is -1.63. The van der Waals surface area contributed by atoms with Gasteiger partial charge in [0.15, 0.2) is 0 Å². The van der Waals surface area contributed by atoms with E-state index in [4.69, 9.17) is 0 Å². The lowest BCUT2D eigenvalue weighted by Crippen LogP contribution is -2.30. The van der Waals surface area contributed by atoms with Crippen LogP contribution in [0.2, 0.25) is 0 Å². The molecule has 7 heteroatoms. The van der Waals surface area contributed by atoms with Crippen LogP contribution in [0.3, 0.4) is 0 Å². The second-order valence-corrected chi connectivity index (χ2v) is 5.14. The third kappa shape index (κ3) is 4.42. The van der Waals surface area contributed by atoms with Gasteiger partial charge in [0.2, 0.25) is 5.91 Å². The van der Waals surface area contributed by atoms with Crippen LogP contribution in [0.15, 0.2) is 18.2 Å². The topological polar surface area (TPSA) is 41.1 Å². The number of carbonyl (C=O) groups is 1. The molecule has 1 amide bonds. The number of piperidine rings is 1. The van der Waals surface area contributed by atoms with Crippen molar-refractivity contribution in [3.8, 4) is 0 Å². The maximum atomic E-state index is 13.1. The van der Waals surface area contributed by atoms with Gasteiger partial charge in [0.05, 0.1) is 5.56 Å². The first kappa shape index (κ1) is 15.8. The molecule has 0 spiro atoms. The van der Waals surface area contributed by atoms with Gasteiger partial charge in [-0.1, -0.05) is 0 Å². The van der Waals surface area contributed by atoms with Crippen molar-refractivity contribution in [2.24, 2.45) is 5.92 Å². The van der Waals surface area contributed by atoms with Crippen molar-refractivity contribution < 1.29 is 22.4 Å². The molecule has 2 rings (SSSR count). The number of carbonyl (C=O) groups excluding carboxylic acids is 1. The summed E-state index contributed by atoms with van der Waals surface area (Å²) in [6.07, 6.45) is -2.78. The normalized spacial score (nSPS) is 16.8. The summed E-state index contributed by atoms with van der Waals surface area (Å²) in [7, 11) is 0. The Morgan fingerprint density at radius 2 is 1.95 bits per heavy atom. The highest BCUT2D eigenvalue weighted by Crippen LogP contribution is 2.33. The quantitative estimate of drug-likeness (QED) is 0.842. The molecular formula is C14H16F4N2O. The Morgan fingerprint density at radius 1 is 1.29 bits per heavy atom. The summed E-state index contributed by atoms with van der Waals surface area (Å²) in [5, 5.41) is 5.57. The average molecular weight is 304 g/mol. The van der Waals surface area contributed by atoms with Gasteiger partial charge in [0, 0.05) is 12.1 Å². The van der Waals surface area contributed by atoms with Crippen molar-refractivity contribution in [3.63, 3.8) is 0 Å². The van der Waals surface area contributed by atoms with Crippen molar-refractivity contribution in [1.82, 2.24) is 5.32 Å². The predicted molar refractivity (Wildman–Crippen MR) is 70.2 cm³/mol. The van der Waals surface area contributed by atoms with Crippen LogP contribution in [-0.4, -0.2) is 19.0 Å². The Morgan fingerprint density at radius 3 is 2.57 bits per heavy atom. The largest absolute Gasteiger partial charge is 0.419 e. The van der Waals surface area contributed by atoms with Gasteiger partial charge < -0.3 is 10.6 Å². The van der Waals surface area contributed by atoms with Crippen molar-refractivity contribution in [2.75, 3.05) is 18.4 Å². The Bertz CT molecular complexity index is 510. The lowest BCUT2D eigenvalue weighted by Gasteiger charge is -2.22. The molecular weight excluding hydrogens is 288 g/mol. The summed E-state index contributed by atoms with van der Waals surface area (Å²) >= 11 is 0. The molecule has 0 aromatic heterocycles. The number of hydrogen-bond acceptors (Lipinski definition) is 2. The minimum Gasteiger partial charge on any atom is -0.326 e. The number of hydrogen-bond donors (Lipinski definition) is 2. The zero-order chi connectivity index (χ0) is 15.5. The Labute approximate surface area is 119 Å². The first-order valence-corrected chi connectivity index (χ1v) is 6.73. The molecule has 1 aromatic carbocycles. The summed E-state index contributed by atoms with van der Waals surface area (Å²) in [5.41, 5.74) is -1.41. The van der Waals surface area contributed by atoms with Crippen molar-refractivity contribution in [1.29, 1.82) is 0 Å². The molecule has 0 atom stereocenters. The summed E-state index contributed by atoms with van der Waals surface area (Å²) in [5.74, 6) is -1.46. The van der Waals surface area contributed by atoms with Gasteiger partial charge in [-0.2, -0.15) is 13.2 Å². The van der Waals surface area contributed by atoms with Crippen LogP contribution in [-0.2, 0) is 11.0 Å². The van der Waals surface area contributed by atoms with Gasteiger partial charge >= 0.3 is 6.18 Å². The van der Waals surface area contributed by atoms with Gasteiger partial charge in [0.25, 0.3) is 0 Å². The maximum absolute atomic E-state index is 13.1. The molecule has 1 aromatic rings. The molecule has 21 heavy (non-hydrogen) atoms. The fourth-order valence-corrected chi connectivity index (χ4v) is 2.38. The fourth-order valence-electron chi connectivity index (χ4n) is 2.38. The van der Waals surface area contributed by atoms with E-state index in [1.54, 1.807) is 0 Å². The predicted octanol–water partition coefficient (Wildman–Crippen LogP) is 3.17. The number of amides is 1. The van der Waals surface area contributed by atoms with Crippen LogP contribution >= 0.6 is 0 Å². The molecule has 116 valence electrons. The highest BCUT2D eigenvalue weighted by Gasteiger charge is 2.34. The van der Waals surface area contributed by atoms with E-state index in [0.29, 0.717) is 12.1 Å². The Kier molecular flexibility index (Phi) is 4.82. The minimum absolute atomic E-state index is 0.0392. The average Bonchev–Trinajstić information content (AvgIpc) is 2.41. The zero-order valence-electron chi connectivity index (χ0n) is 11.3. The molecule has 1 heterocycles. The zero-order valence-corrected chi connectivity index (χ0v) is 11.3. The number of anilines is 1. The number of benzene rings is 1. The molecule has 1 aliphatic rings. The molecule has 0 radical (unpaired) electrons. The van der Waals surface area contributed by atoms with Gasteiger partial charge in [-0.3, -0.25) is 4.79 Å². The van der Waals surface area contributed by atoms with Crippen LogP contribution in [0, 0.1) is 11.7 Å². The molecule has 3 nitrogen and oxygen atoms in total. The summed E-state index contributed by atoms with van der Waals surface area (Å²) in [6, 6.07) is 2.46. The SMILES string of the molecule is O=C(CC1CCNCC1)Nc1ccc(F)c(C(F)(F)F)c1. The van der Waals surface area contributed by atoms with Gasteiger partial charge in [-0.15, -0.1) is 0 Å². The van der Waals surface area contributed by atoms with E-state index in [9.17, 15) is 22.4 Å². The van der Waals surface area contributed by atoms with Gasteiger partial charge in [0.1, 0.15) is 5.82 Å². The van der Waals surface area contributed by atoms with E-state index in [2.05, 4.69) is 10.6 Å². The number of halogens is 4. The summed E-state index contributed by atoms with van der Waals surface area (Å²) in [6.45, 7) is 1.68. The first-order valence-electron chi connectivity index (χ1n) is 6.73. The molecule has 0 unspecified atom stereocenters. The van der Waals surface area contributed by atoms with Crippen LogP contribution < -0.4 is 10.6 Å². The van der Waals surface area contributed by atoms with Crippen molar-refractivity contribution in [2.45, 2.75) is 25.4 Å². The summed E-state index contributed by atoms with van der Waals surface area (Å²) in [4.78, 5) is 11.8. The van der Waals surface area contributed by atoms with E-state index in [-0.39, 0.29) is 23.9 Å². The fraction of sp³-hybridized carbons (Fsp3) is 0.500. The molecule has 1 fully saturated rings. The van der Waals surface area contributed by atoms with Crippen molar-refractivity contribution >= 4 is 11.6 Å².